The number of anilines is 4. The first-order valence-corrected chi connectivity index (χ1v) is 12.6. The standard InChI is InChI=1S/C29H35N9.CH4/c1-19-13-28(36(4)12-11-35(2)3)24(30)15-26(19)34-29-31-10-9-25(33-29)23-18-37(5)27-14-20(7-8-22(23)27)21-16-32-38(6)17-21;/h7-10,13-18H,11-12,30H2,1-6H3,(H,31,33,34);1H4. The number of hydrogen-bond donors (Lipinski definition) is 2. The minimum atomic E-state index is 0. The quantitative estimate of drug-likeness (QED) is 0.265. The second kappa shape index (κ2) is 11.2. The number of rotatable bonds is 8. The molecule has 204 valence electrons. The van der Waals surface area contributed by atoms with Crippen LogP contribution in [0.5, 0.6) is 0 Å². The predicted molar refractivity (Wildman–Crippen MR) is 164 cm³/mol. The van der Waals surface area contributed by atoms with Crippen LogP contribution in [0.3, 0.4) is 0 Å². The van der Waals surface area contributed by atoms with Gasteiger partial charge in [-0.05, 0) is 56.4 Å². The molecule has 5 aromatic rings. The van der Waals surface area contributed by atoms with E-state index in [1.165, 1.54) is 0 Å². The number of nitrogens with one attached hydrogen (secondary N) is 1. The lowest BCUT2D eigenvalue weighted by atomic mass is 10.0. The van der Waals surface area contributed by atoms with Crippen LogP contribution >= 0.6 is 0 Å². The molecule has 0 aliphatic rings. The lowest BCUT2D eigenvalue weighted by molar-refractivity contribution is 0.416. The van der Waals surface area contributed by atoms with Crippen molar-refractivity contribution in [2.75, 3.05) is 50.2 Å². The fourth-order valence-electron chi connectivity index (χ4n) is 4.67. The van der Waals surface area contributed by atoms with E-state index in [2.05, 4.69) is 95.3 Å². The van der Waals surface area contributed by atoms with Gasteiger partial charge in [-0.25, -0.2) is 9.97 Å². The maximum atomic E-state index is 6.45. The lowest BCUT2D eigenvalue weighted by Gasteiger charge is -2.24. The average molecular weight is 526 g/mol. The van der Waals surface area contributed by atoms with E-state index >= 15 is 0 Å². The summed E-state index contributed by atoms with van der Waals surface area (Å²) in [6.45, 7) is 3.91. The highest BCUT2D eigenvalue weighted by atomic mass is 15.2. The second-order valence-corrected chi connectivity index (χ2v) is 10.1. The van der Waals surface area contributed by atoms with Crippen molar-refractivity contribution in [1.29, 1.82) is 0 Å². The number of benzene rings is 2. The molecule has 3 N–H and O–H groups in total. The van der Waals surface area contributed by atoms with Crippen molar-refractivity contribution in [3.05, 3.63) is 66.7 Å². The molecule has 0 fully saturated rings. The zero-order chi connectivity index (χ0) is 27.0. The van der Waals surface area contributed by atoms with E-state index < -0.39 is 0 Å². The summed E-state index contributed by atoms with van der Waals surface area (Å²) in [5.41, 5.74) is 15.4. The van der Waals surface area contributed by atoms with E-state index in [-0.39, 0.29) is 7.43 Å². The van der Waals surface area contributed by atoms with Crippen molar-refractivity contribution in [2.45, 2.75) is 14.4 Å². The molecule has 0 atom stereocenters. The number of likely N-dealkylation sites (N-methyl/N-ethyl adjacent to an activating group) is 2. The SMILES string of the molecule is C.Cc1cc(N(C)CCN(C)C)c(N)cc1Nc1nccc(-c2cn(C)c3cc(-c4cnn(C)c4)ccc23)n1. The second-order valence-electron chi connectivity index (χ2n) is 10.1. The molecule has 3 aromatic heterocycles. The molecule has 9 nitrogen and oxygen atoms in total. The number of fused-ring (bicyclic) bond motifs is 1. The van der Waals surface area contributed by atoms with Gasteiger partial charge in [0.1, 0.15) is 0 Å². The molecule has 2 aromatic carbocycles. The maximum absolute atomic E-state index is 6.45. The summed E-state index contributed by atoms with van der Waals surface area (Å²) in [6, 6.07) is 12.5. The van der Waals surface area contributed by atoms with Crippen molar-refractivity contribution in [3.63, 3.8) is 0 Å². The largest absolute Gasteiger partial charge is 0.397 e. The van der Waals surface area contributed by atoms with Crippen LogP contribution in [0.1, 0.15) is 13.0 Å². The molecular formula is C30H39N9. The molecule has 0 radical (unpaired) electrons. The first-order chi connectivity index (χ1) is 18.2. The Morgan fingerprint density at radius 1 is 0.974 bits per heavy atom. The third kappa shape index (κ3) is 5.73. The number of hydrogen-bond acceptors (Lipinski definition) is 7. The molecule has 0 saturated carbocycles. The number of nitrogens with zero attached hydrogens (tertiary/aromatic N) is 7. The number of nitrogen functional groups attached to an aromatic ring is 1. The van der Waals surface area contributed by atoms with Gasteiger partial charge in [-0.3, -0.25) is 4.68 Å². The number of aryl methyl sites for hydroxylation is 3. The van der Waals surface area contributed by atoms with Crippen molar-refractivity contribution in [2.24, 2.45) is 14.1 Å². The summed E-state index contributed by atoms with van der Waals surface area (Å²) in [7, 11) is 10.2. The predicted octanol–water partition coefficient (Wildman–Crippen LogP) is 5.30. The van der Waals surface area contributed by atoms with Gasteiger partial charge in [0, 0.05) is 80.5 Å². The Kier molecular flexibility index (Phi) is 7.92. The van der Waals surface area contributed by atoms with Gasteiger partial charge in [-0.2, -0.15) is 5.10 Å². The normalized spacial score (nSPS) is 11.2. The first kappa shape index (κ1) is 27.7. The molecule has 0 spiro atoms. The third-order valence-electron chi connectivity index (χ3n) is 6.87. The molecule has 0 bridgehead atoms. The van der Waals surface area contributed by atoms with Crippen LogP contribution in [0.15, 0.2) is 61.2 Å². The van der Waals surface area contributed by atoms with Crippen LogP contribution in [0.25, 0.3) is 33.3 Å². The fraction of sp³-hybridized carbons (Fsp3) is 0.300. The Bertz CT molecular complexity index is 1600. The summed E-state index contributed by atoms with van der Waals surface area (Å²) in [6.07, 6.45) is 7.81. The Morgan fingerprint density at radius 2 is 1.77 bits per heavy atom. The zero-order valence-corrected chi connectivity index (χ0v) is 22.9. The molecule has 0 aliphatic heterocycles. The highest BCUT2D eigenvalue weighted by Gasteiger charge is 2.14. The van der Waals surface area contributed by atoms with Gasteiger partial charge >= 0.3 is 0 Å². The molecule has 3 heterocycles. The van der Waals surface area contributed by atoms with E-state index in [4.69, 9.17) is 10.7 Å². The third-order valence-corrected chi connectivity index (χ3v) is 6.87. The topological polar surface area (TPSA) is 93.1 Å². The monoisotopic (exact) mass is 525 g/mol. The fourth-order valence-corrected chi connectivity index (χ4v) is 4.67. The molecule has 39 heavy (non-hydrogen) atoms. The van der Waals surface area contributed by atoms with Crippen LogP contribution in [0, 0.1) is 6.92 Å². The van der Waals surface area contributed by atoms with Crippen LogP contribution in [-0.4, -0.2) is 63.4 Å². The molecule has 5 rings (SSSR count). The summed E-state index contributed by atoms with van der Waals surface area (Å²) >= 11 is 0. The Balaban J connectivity index is 0.00000353. The molecule has 0 amide bonds. The molecule has 0 saturated heterocycles. The van der Waals surface area contributed by atoms with Gasteiger partial charge in [0.15, 0.2) is 0 Å². The zero-order valence-electron chi connectivity index (χ0n) is 22.9. The Morgan fingerprint density at radius 3 is 2.49 bits per heavy atom. The van der Waals surface area contributed by atoms with Gasteiger partial charge in [0.25, 0.3) is 0 Å². The van der Waals surface area contributed by atoms with Crippen molar-refractivity contribution in [3.8, 4) is 22.4 Å². The highest BCUT2D eigenvalue weighted by Crippen LogP contribution is 2.34. The number of aromatic nitrogens is 5. The molecule has 0 unspecified atom stereocenters. The molecule has 0 aliphatic carbocycles. The van der Waals surface area contributed by atoms with E-state index in [0.29, 0.717) is 11.6 Å². The summed E-state index contributed by atoms with van der Waals surface area (Å²) < 4.78 is 3.95. The maximum Gasteiger partial charge on any atom is 0.227 e. The minimum Gasteiger partial charge on any atom is -0.397 e. The average Bonchev–Trinajstić information content (AvgIpc) is 3.47. The molecule has 9 heteroatoms. The van der Waals surface area contributed by atoms with Crippen LogP contribution in [-0.2, 0) is 14.1 Å². The minimum absolute atomic E-state index is 0. The van der Waals surface area contributed by atoms with E-state index in [9.17, 15) is 0 Å². The van der Waals surface area contributed by atoms with Gasteiger partial charge in [-0.15, -0.1) is 0 Å². The smallest absolute Gasteiger partial charge is 0.227 e. The number of nitrogens with two attached hydrogens (primary N) is 1. The first-order valence-electron chi connectivity index (χ1n) is 12.6. The summed E-state index contributed by atoms with van der Waals surface area (Å²) in [4.78, 5) is 13.7. The van der Waals surface area contributed by atoms with E-state index in [0.717, 1.165) is 63.3 Å². The Hall–Kier alpha value is -4.37. The highest BCUT2D eigenvalue weighted by molar-refractivity contribution is 5.97. The lowest BCUT2D eigenvalue weighted by Crippen LogP contribution is -2.29. The van der Waals surface area contributed by atoms with Gasteiger partial charge in [0.05, 0.1) is 23.3 Å². The Labute approximate surface area is 230 Å². The summed E-state index contributed by atoms with van der Waals surface area (Å²) in [5.74, 6) is 0.530. The van der Waals surface area contributed by atoms with Crippen molar-refractivity contribution >= 4 is 33.9 Å². The van der Waals surface area contributed by atoms with Gasteiger partial charge < -0.3 is 25.4 Å². The van der Waals surface area contributed by atoms with Crippen molar-refractivity contribution < 1.29 is 0 Å². The summed E-state index contributed by atoms with van der Waals surface area (Å²) in [5, 5.41) is 8.82. The van der Waals surface area contributed by atoms with Crippen LogP contribution < -0.4 is 16.0 Å². The van der Waals surface area contributed by atoms with E-state index in [1.54, 1.807) is 6.20 Å². The van der Waals surface area contributed by atoms with Crippen LogP contribution in [0.2, 0.25) is 0 Å². The van der Waals surface area contributed by atoms with E-state index in [1.807, 2.05) is 36.3 Å². The van der Waals surface area contributed by atoms with Crippen LogP contribution in [0.4, 0.5) is 23.0 Å². The van der Waals surface area contributed by atoms with Gasteiger partial charge in [-0.1, -0.05) is 19.6 Å². The molecular weight excluding hydrogens is 486 g/mol. The van der Waals surface area contributed by atoms with Crippen molar-refractivity contribution in [1.82, 2.24) is 29.2 Å². The van der Waals surface area contributed by atoms with Gasteiger partial charge in [0.2, 0.25) is 5.95 Å².